The Balaban J connectivity index is 2.26. The number of phenols is 1. The smallest absolute Gasteiger partial charge is 0.348 e. The lowest BCUT2D eigenvalue weighted by molar-refractivity contribution is -0.153. The Morgan fingerprint density at radius 3 is 2.38 bits per heavy atom. The lowest BCUT2D eigenvalue weighted by atomic mass is 9.96. The van der Waals surface area contributed by atoms with Gasteiger partial charge in [0.1, 0.15) is 5.75 Å². The predicted octanol–water partition coefficient (Wildman–Crippen LogP) is 3.00. The number of ether oxygens (including phenoxy) is 1. The molecule has 0 aliphatic carbocycles. The van der Waals surface area contributed by atoms with Crippen LogP contribution in [-0.4, -0.2) is 21.8 Å². The minimum atomic E-state index is -1.61. The summed E-state index contributed by atoms with van der Waals surface area (Å²) < 4.78 is 19.0. The van der Waals surface area contributed by atoms with Crippen molar-refractivity contribution in [2.24, 2.45) is 0 Å². The third-order valence-corrected chi connectivity index (χ3v) is 3.10. The molecule has 1 atom stereocenters. The third-order valence-electron chi connectivity index (χ3n) is 3.10. The number of para-hydroxylation sites is 1. The molecule has 2 aromatic carbocycles. The average Bonchev–Trinajstić information content (AvgIpc) is 2.44. The maximum Gasteiger partial charge on any atom is 0.348 e. The summed E-state index contributed by atoms with van der Waals surface area (Å²) >= 11 is 0. The molecule has 5 heteroatoms. The molecule has 2 rings (SSSR count). The number of carboxylic acids is 1. The highest BCUT2D eigenvalue weighted by Gasteiger charge is 2.36. The van der Waals surface area contributed by atoms with Gasteiger partial charge in [-0.15, -0.1) is 0 Å². The summed E-state index contributed by atoms with van der Waals surface area (Å²) in [5.74, 6) is -1.83. The van der Waals surface area contributed by atoms with Crippen LogP contribution in [0.4, 0.5) is 4.39 Å². The van der Waals surface area contributed by atoms with Gasteiger partial charge in [0.25, 0.3) is 0 Å². The van der Waals surface area contributed by atoms with E-state index in [-0.39, 0.29) is 17.9 Å². The number of hydrogen-bond acceptors (Lipinski definition) is 3. The average molecular weight is 290 g/mol. The lowest BCUT2D eigenvalue weighted by Crippen LogP contribution is -2.43. The van der Waals surface area contributed by atoms with Gasteiger partial charge in [0.05, 0.1) is 0 Å². The molecule has 0 radical (unpaired) electrons. The van der Waals surface area contributed by atoms with Crippen LogP contribution in [0.2, 0.25) is 0 Å². The number of carbonyl (C=O) groups is 1. The molecule has 0 heterocycles. The molecule has 0 aromatic heterocycles. The van der Waals surface area contributed by atoms with Crippen LogP contribution in [0.25, 0.3) is 0 Å². The van der Waals surface area contributed by atoms with Crippen molar-refractivity contribution in [3.8, 4) is 11.5 Å². The molecule has 0 fully saturated rings. The van der Waals surface area contributed by atoms with Crippen LogP contribution in [0.3, 0.4) is 0 Å². The second-order valence-corrected chi connectivity index (χ2v) is 4.91. The molecule has 0 saturated heterocycles. The third kappa shape index (κ3) is 3.51. The van der Waals surface area contributed by atoms with Crippen molar-refractivity contribution in [2.75, 3.05) is 0 Å². The van der Waals surface area contributed by atoms with Crippen LogP contribution in [0.5, 0.6) is 11.5 Å². The van der Waals surface area contributed by atoms with Gasteiger partial charge < -0.3 is 14.9 Å². The number of carboxylic acid groups (broad SMARTS) is 1. The van der Waals surface area contributed by atoms with Crippen molar-refractivity contribution in [3.05, 3.63) is 59.9 Å². The first kappa shape index (κ1) is 14.8. The molecule has 110 valence electrons. The topological polar surface area (TPSA) is 66.8 Å². The van der Waals surface area contributed by atoms with Gasteiger partial charge in [-0.2, -0.15) is 0 Å². The molecule has 0 aliphatic rings. The van der Waals surface area contributed by atoms with Gasteiger partial charge in [0.2, 0.25) is 5.60 Å². The lowest BCUT2D eigenvalue weighted by Gasteiger charge is -2.26. The van der Waals surface area contributed by atoms with Crippen LogP contribution in [0.1, 0.15) is 12.5 Å². The van der Waals surface area contributed by atoms with E-state index >= 15 is 0 Å². The molecular formula is C16H15FO4. The fourth-order valence-electron chi connectivity index (χ4n) is 1.93. The molecule has 0 saturated carbocycles. The predicted molar refractivity (Wildman–Crippen MR) is 74.9 cm³/mol. The Kier molecular flexibility index (Phi) is 4.12. The van der Waals surface area contributed by atoms with Gasteiger partial charge in [0.15, 0.2) is 11.6 Å². The van der Waals surface area contributed by atoms with E-state index in [1.807, 2.05) is 0 Å². The van der Waals surface area contributed by atoms with Crippen LogP contribution in [-0.2, 0) is 11.2 Å². The zero-order valence-electron chi connectivity index (χ0n) is 11.4. The van der Waals surface area contributed by atoms with E-state index in [0.29, 0.717) is 5.56 Å². The summed E-state index contributed by atoms with van der Waals surface area (Å²) in [6.45, 7) is 1.38. The number of halogens is 1. The minimum Gasteiger partial charge on any atom is -0.508 e. The molecule has 0 aliphatic heterocycles. The molecule has 0 spiro atoms. The van der Waals surface area contributed by atoms with Crippen molar-refractivity contribution in [2.45, 2.75) is 18.9 Å². The van der Waals surface area contributed by atoms with Gasteiger partial charge in [-0.1, -0.05) is 24.3 Å². The Labute approximate surface area is 121 Å². The standard InChI is InChI=1S/C16H15FO4/c1-16(15(19)20,10-11-6-8-12(18)9-7-11)21-14-5-3-2-4-13(14)17/h2-9,18H,10H2,1H3,(H,19,20). The van der Waals surface area contributed by atoms with E-state index in [1.165, 1.54) is 37.3 Å². The maximum absolute atomic E-state index is 13.6. The first-order valence-electron chi connectivity index (χ1n) is 6.35. The van der Waals surface area contributed by atoms with Crippen LogP contribution in [0.15, 0.2) is 48.5 Å². The zero-order chi connectivity index (χ0) is 15.5. The Hall–Kier alpha value is -2.56. The van der Waals surface area contributed by atoms with E-state index < -0.39 is 17.4 Å². The molecule has 21 heavy (non-hydrogen) atoms. The minimum absolute atomic E-state index is 0.0386. The van der Waals surface area contributed by atoms with Crippen molar-refractivity contribution in [3.63, 3.8) is 0 Å². The summed E-state index contributed by atoms with van der Waals surface area (Å²) in [6.07, 6.45) is 0.0386. The first-order valence-corrected chi connectivity index (χ1v) is 6.35. The van der Waals surface area contributed by atoms with E-state index in [1.54, 1.807) is 18.2 Å². The monoisotopic (exact) mass is 290 g/mol. The van der Waals surface area contributed by atoms with Gasteiger partial charge in [-0.3, -0.25) is 0 Å². The number of hydrogen-bond donors (Lipinski definition) is 2. The van der Waals surface area contributed by atoms with Crippen molar-refractivity contribution in [1.82, 2.24) is 0 Å². The Bertz CT molecular complexity index is 639. The number of benzene rings is 2. The fraction of sp³-hybridized carbons (Fsp3) is 0.188. The van der Waals surface area contributed by atoms with Crippen molar-refractivity contribution >= 4 is 5.97 Å². The van der Waals surface area contributed by atoms with Gasteiger partial charge >= 0.3 is 5.97 Å². The molecule has 2 aromatic rings. The van der Waals surface area contributed by atoms with Crippen molar-refractivity contribution < 1.29 is 24.1 Å². The van der Waals surface area contributed by atoms with Crippen molar-refractivity contribution in [1.29, 1.82) is 0 Å². The van der Waals surface area contributed by atoms with Gasteiger partial charge in [-0.05, 0) is 36.8 Å². The largest absolute Gasteiger partial charge is 0.508 e. The summed E-state index contributed by atoms with van der Waals surface area (Å²) in [6, 6.07) is 11.8. The zero-order valence-corrected chi connectivity index (χ0v) is 11.4. The van der Waals surface area contributed by atoms with Crippen LogP contribution >= 0.6 is 0 Å². The number of aliphatic carboxylic acids is 1. The van der Waals surface area contributed by atoms with Crippen LogP contribution in [0, 0.1) is 5.82 Å². The van der Waals surface area contributed by atoms with E-state index in [4.69, 9.17) is 4.74 Å². The maximum atomic E-state index is 13.6. The molecule has 0 bridgehead atoms. The molecule has 1 unspecified atom stereocenters. The number of aromatic hydroxyl groups is 1. The molecule has 0 amide bonds. The highest BCUT2D eigenvalue weighted by Crippen LogP contribution is 2.25. The van der Waals surface area contributed by atoms with E-state index in [0.717, 1.165) is 0 Å². The quantitative estimate of drug-likeness (QED) is 0.888. The molecular weight excluding hydrogens is 275 g/mol. The van der Waals surface area contributed by atoms with E-state index in [2.05, 4.69) is 0 Å². The summed E-state index contributed by atoms with van der Waals surface area (Å²) in [4.78, 5) is 11.5. The Morgan fingerprint density at radius 2 is 1.81 bits per heavy atom. The first-order chi connectivity index (χ1) is 9.90. The number of phenolic OH excluding ortho intramolecular Hbond substituents is 1. The summed E-state index contributed by atoms with van der Waals surface area (Å²) in [5.41, 5.74) is -0.951. The highest BCUT2D eigenvalue weighted by atomic mass is 19.1. The van der Waals surface area contributed by atoms with E-state index in [9.17, 15) is 19.4 Å². The van der Waals surface area contributed by atoms with Gasteiger partial charge in [0, 0.05) is 6.42 Å². The molecule has 2 N–H and O–H groups in total. The summed E-state index contributed by atoms with van der Waals surface area (Å²) in [5, 5.41) is 18.6. The summed E-state index contributed by atoms with van der Waals surface area (Å²) in [7, 11) is 0. The Morgan fingerprint density at radius 1 is 1.19 bits per heavy atom. The van der Waals surface area contributed by atoms with Crippen LogP contribution < -0.4 is 4.74 Å². The SMILES string of the molecule is CC(Cc1ccc(O)cc1)(Oc1ccccc1F)C(=O)O. The second-order valence-electron chi connectivity index (χ2n) is 4.91. The normalized spacial score (nSPS) is 13.4. The molecule has 4 nitrogen and oxygen atoms in total. The van der Waals surface area contributed by atoms with Gasteiger partial charge in [-0.25, -0.2) is 9.18 Å². The fourth-order valence-corrected chi connectivity index (χ4v) is 1.93. The second kappa shape index (κ2) is 5.83. The number of rotatable bonds is 5. The highest BCUT2D eigenvalue weighted by molar-refractivity contribution is 5.78.